The van der Waals surface area contributed by atoms with Gasteiger partial charge in [0.25, 0.3) is 0 Å². The van der Waals surface area contributed by atoms with E-state index in [1.54, 1.807) is 6.92 Å². The number of benzene rings is 1. The second-order valence-electron chi connectivity index (χ2n) is 6.53. The van der Waals surface area contributed by atoms with Gasteiger partial charge in [0.05, 0.1) is 0 Å². The van der Waals surface area contributed by atoms with Gasteiger partial charge in [0.15, 0.2) is 5.78 Å². The molecule has 1 aromatic carbocycles. The Morgan fingerprint density at radius 2 is 1.62 bits per heavy atom. The SMILES string of the molecule is CC(C)Cc1ccc([C@@H](C)C(=O)C(C)(C)P(=O)(O)O)cc1. The molecule has 0 saturated heterocycles. The molecule has 5 heteroatoms. The average Bonchev–Trinajstić information content (AvgIpc) is 2.35. The van der Waals surface area contributed by atoms with E-state index in [4.69, 9.17) is 0 Å². The van der Waals surface area contributed by atoms with E-state index < -0.39 is 24.5 Å². The summed E-state index contributed by atoms with van der Waals surface area (Å²) in [6.07, 6.45) is 0.969. The van der Waals surface area contributed by atoms with E-state index in [0.29, 0.717) is 5.92 Å². The summed E-state index contributed by atoms with van der Waals surface area (Å²) in [4.78, 5) is 31.1. The monoisotopic (exact) mass is 312 g/mol. The van der Waals surface area contributed by atoms with Crippen LogP contribution in [0.5, 0.6) is 0 Å². The van der Waals surface area contributed by atoms with Gasteiger partial charge in [0.2, 0.25) is 0 Å². The molecule has 1 aromatic rings. The van der Waals surface area contributed by atoms with E-state index in [-0.39, 0.29) is 0 Å². The van der Waals surface area contributed by atoms with Gasteiger partial charge in [-0.25, -0.2) is 0 Å². The summed E-state index contributed by atoms with van der Waals surface area (Å²) in [7, 11) is -4.48. The van der Waals surface area contributed by atoms with Gasteiger partial charge in [-0.15, -0.1) is 0 Å². The van der Waals surface area contributed by atoms with Gasteiger partial charge in [-0.05, 0) is 37.3 Å². The molecule has 0 heterocycles. The van der Waals surface area contributed by atoms with Crippen LogP contribution in [0.25, 0.3) is 0 Å². The minimum Gasteiger partial charge on any atom is -0.324 e. The number of Topliss-reactive ketones (excluding diaryl/α,β-unsaturated/α-hetero) is 1. The first kappa shape index (κ1) is 18.1. The predicted molar refractivity (Wildman–Crippen MR) is 84.5 cm³/mol. The van der Waals surface area contributed by atoms with Crippen LogP contribution in [0.3, 0.4) is 0 Å². The third-order valence-corrected chi connectivity index (χ3v) is 5.52. The molecule has 0 amide bonds. The van der Waals surface area contributed by atoms with Crippen molar-refractivity contribution in [2.24, 2.45) is 5.92 Å². The molecule has 21 heavy (non-hydrogen) atoms. The van der Waals surface area contributed by atoms with Crippen LogP contribution >= 0.6 is 7.60 Å². The van der Waals surface area contributed by atoms with Crippen LogP contribution < -0.4 is 0 Å². The minimum absolute atomic E-state index is 0.438. The Balaban J connectivity index is 2.96. The number of hydrogen-bond donors (Lipinski definition) is 2. The summed E-state index contributed by atoms with van der Waals surface area (Å²) < 4.78 is 11.5. The van der Waals surface area contributed by atoms with Crippen LogP contribution in [0, 0.1) is 5.92 Å². The van der Waals surface area contributed by atoms with Crippen molar-refractivity contribution in [3.05, 3.63) is 35.4 Å². The van der Waals surface area contributed by atoms with Crippen LogP contribution in [0.15, 0.2) is 24.3 Å². The van der Waals surface area contributed by atoms with Crippen LogP contribution in [0.4, 0.5) is 0 Å². The highest BCUT2D eigenvalue weighted by Gasteiger charge is 2.46. The number of carbonyl (C=O) groups excluding carboxylic acids is 1. The zero-order valence-corrected chi connectivity index (χ0v) is 14.2. The minimum atomic E-state index is -4.48. The summed E-state index contributed by atoms with van der Waals surface area (Å²) in [6, 6.07) is 7.69. The Labute approximate surface area is 126 Å². The number of hydrogen-bond acceptors (Lipinski definition) is 2. The fourth-order valence-electron chi connectivity index (χ4n) is 2.24. The standard InChI is InChI=1S/C16H25O4P/c1-11(2)10-13-6-8-14(9-7-13)12(3)15(17)16(4,5)21(18,19)20/h6-9,11-12H,10H2,1-5H3,(H2,18,19,20)/t12-/m1/s1. The maximum Gasteiger partial charge on any atom is 0.338 e. The summed E-state index contributed by atoms with van der Waals surface area (Å²) in [5.74, 6) is -0.420. The van der Waals surface area contributed by atoms with Crippen molar-refractivity contribution in [1.29, 1.82) is 0 Å². The second kappa shape index (κ2) is 6.43. The highest BCUT2D eigenvalue weighted by atomic mass is 31.2. The first-order valence-corrected chi connectivity index (χ1v) is 8.77. The van der Waals surface area contributed by atoms with Crippen molar-refractivity contribution in [3.8, 4) is 0 Å². The molecule has 1 rings (SSSR count). The van der Waals surface area contributed by atoms with Crippen molar-refractivity contribution in [1.82, 2.24) is 0 Å². The summed E-state index contributed by atoms with van der Waals surface area (Å²) in [5.41, 5.74) is 1.98. The van der Waals surface area contributed by atoms with Gasteiger partial charge in [0.1, 0.15) is 5.16 Å². The van der Waals surface area contributed by atoms with E-state index in [2.05, 4.69) is 13.8 Å². The van der Waals surface area contributed by atoms with Gasteiger partial charge in [-0.2, -0.15) is 0 Å². The molecule has 118 valence electrons. The van der Waals surface area contributed by atoms with Crippen LogP contribution in [0.1, 0.15) is 51.7 Å². The third kappa shape index (κ3) is 4.26. The molecule has 0 spiro atoms. The summed E-state index contributed by atoms with van der Waals surface area (Å²) in [6.45, 7) is 8.59. The quantitative estimate of drug-likeness (QED) is 0.788. The fraction of sp³-hybridized carbons (Fsp3) is 0.562. The Morgan fingerprint density at radius 3 is 2.00 bits per heavy atom. The molecule has 0 bridgehead atoms. The van der Waals surface area contributed by atoms with Crippen LogP contribution in [-0.2, 0) is 15.8 Å². The van der Waals surface area contributed by atoms with E-state index >= 15 is 0 Å². The molecule has 1 atom stereocenters. The van der Waals surface area contributed by atoms with E-state index in [1.807, 2.05) is 24.3 Å². The summed E-state index contributed by atoms with van der Waals surface area (Å²) in [5, 5.41) is -1.66. The molecule has 0 aromatic heterocycles. The van der Waals surface area contributed by atoms with Crippen molar-refractivity contribution in [2.45, 2.75) is 52.1 Å². The van der Waals surface area contributed by atoms with Crippen molar-refractivity contribution < 1.29 is 19.1 Å². The maximum absolute atomic E-state index is 12.4. The molecule has 4 nitrogen and oxygen atoms in total. The lowest BCUT2D eigenvalue weighted by atomic mass is 9.89. The largest absolute Gasteiger partial charge is 0.338 e. The smallest absolute Gasteiger partial charge is 0.324 e. The first-order chi connectivity index (χ1) is 9.46. The molecule has 0 fully saturated rings. The van der Waals surface area contributed by atoms with E-state index in [1.165, 1.54) is 19.4 Å². The molecule has 0 aliphatic heterocycles. The van der Waals surface area contributed by atoms with Gasteiger partial charge >= 0.3 is 7.60 Å². The second-order valence-corrected chi connectivity index (χ2v) is 8.73. The molecule has 2 N–H and O–H groups in total. The predicted octanol–water partition coefficient (Wildman–Crippen LogP) is 3.51. The van der Waals surface area contributed by atoms with Gasteiger partial charge in [-0.3, -0.25) is 9.36 Å². The average molecular weight is 312 g/mol. The molecule has 0 aliphatic rings. The number of ketones is 1. The summed E-state index contributed by atoms with van der Waals surface area (Å²) >= 11 is 0. The number of rotatable bonds is 6. The maximum atomic E-state index is 12.4. The fourth-order valence-corrected chi connectivity index (χ4v) is 2.72. The van der Waals surface area contributed by atoms with Crippen LogP contribution in [-0.4, -0.2) is 20.7 Å². The van der Waals surface area contributed by atoms with Crippen molar-refractivity contribution in [2.75, 3.05) is 0 Å². The zero-order chi connectivity index (χ0) is 16.4. The molecule has 0 saturated carbocycles. The normalized spacial score (nSPS) is 14.3. The van der Waals surface area contributed by atoms with Crippen molar-refractivity contribution in [3.63, 3.8) is 0 Å². The lowest BCUT2D eigenvalue weighted by Crippen LogP contribution is -2.35. The Morgan fingerprint density at radius 1 is 1.14 bits per heavy atom. The van der Waals surface area contributed by atoms with Gasteiger partial charge < -0.3 is 9.79 Å². The molecule has 0 aliphatic carbocycles. The number of carbonyl (C=O) groups is 1. The Hall–Kier alpha value is -0.960. The van der Waals surface area contributed by atoms with Crippen LogP contribution in [0.2, 0.25) is 0 Å². The van der Waals surface area contributed by atoms with E-state index in [0.717, 1.165) is 12.0 Å². The van der Waals surface area contributed by atoms with Gasteiger partial charge in [-0.1, -0.05) is 45.0 Å². The first-order valence-electron chi connectivity index (χ1n) is 7.15. The molecular weight excluding hydrogens is 287 g/mol. The Kier molecular flexibility index (Phi) is 5.54. The van der Waals surface area contributed by atoms with Gasteiger partial charge in [0, 0.05) is 5.92 Å². The zero-order valence-electron chi connectivity index (χ0n) is 13.3. The third-order valence-electron chi connectivity index (χ3n) is 3.85. The molecule has 0 radical (unpaired) electrons. The van der Waals surface area contributed by atoms with E-state index in [9.17, 15) is 19.1 Å². The highest BCUT2D eigenvalue weighted by molar-refractivity contribution is 7.54. The molecular formula is C16H25O4P. The van der Waals surface area contributed by atoms with Crippen molar-refractivity contribution >= 4 is 13.4 Å². The molecule has 0 unspecified atom stereocenters. The topological polar surface area (TPSA) is 74.6 Å². The lowest BCUT2D eigenvalue weighted by Gasteiger charge is -2.27. The lowest BCUT2D eigenvalue weighted by molar-refractivity contribution is -0.122. The Bertz CT molecular complexity index is 540. The highest BCUT2D eigenvalue weighted by Crippen LogP contribution is 2.52.